The number of para-hydroxylation sites is 2. The van der Waals surface area contributed by atoms with Crippen molar-refractivity contribution in [3.8, 4) is 22.8 Å². The summed E-state index contributed by atoms with van der Waals surface area (Å²) in [5, 5.41) is 5.43. The van der Waals surface area contributed by atoms with E-state index < -0.39 is 5.91 Å². The highest BCUT2D eigenvalue weighted by atomic mass is 16.5. The van der Waals surface area contributed by atoms with Crippen molar-refractivity contribution in [1.82, 2.24) is 29.5 Å². The Morgan fingerprint density at radius 1 is 1.07 bits per heavy atom. The van der Waals surface area contributed by atoms with Crippen LogP contribution in [-0.2, 0) is 4.79 Å². The molecule has 0 bridgehead atoms. The Hall–Kier alpha value is -4.80. The number of hydrogen-bond acceptors (Lipinski definition) is 8. The van der Waals surface area contributed by atoms with Crippen molar-refractivity contribution < 1.29 is 9.53 Å². The summed E-state index contributed by atoms with van der Waals surface area (Å²) in [6.07, 6.45) is 12.7. The van der Waals surface area contributed by atoms with Gasteiger partial charge in [-0.1, -0.05) is 42.5 Å². The van der Waals surface area contributed by atoms with Gasteiger partial charge in [0.2, 0.25) is 5.91 Å². The van der Waals surface area contributed by atoms with Gasteiger partial charge in [0.05, 0.1) is 29.0 Å². The smallest absolute Gasteiger partial charge is 0.248 e. The van der Waals surface area contributed by atoms with E-state index >= 15 is 0 Å². The molecule has 5 rings (SSSR count). The fourth-order valence-corrected chi connectivity index (χ4v) is 4.72. The van der Waals surface area contributed by atoms with Crippen molar-refractivity contribution in [2.24, 2.45) is 11.5 Å². The number of amides is 1. The van der Waals surface area contributed by atoms with Crippen LogP contribution in [0.5, 0.6) is 11.5 Å². The summed E-state index contributed by atoms with van der Waals surface area (Å²) >= 11 is 0. The minimum atomic E-state index is -0.513. The first-order valence-electron chi connectivity index (χ1n) is 13.5. The quantitative estimate of drug-likeness (QED) is 0.208. The number of allylic oxidation sites excluding steroid dienone is 2. The third kappa shape index (κ3) is 6.19. The lowest BCUT2D eigenvalue weighted by Gasteiger charge is -2.27. The Balaban J connectivity index is 1.60. The Morgan fingerprint density at radius 3 is 2.59 bits per heavy atom. The van der Waals surface area contributed by atoms with Gasteiger partial charge in [-0.2, -0.15) is 9.78 Å². The molecule has 2 aromatic carbocycles. The van der Waals surface area contributed by atoms with Crippen LogP contribution in [0.15, 0.2) is 97.1 Å². The van der Waals surface area contributed by atoms with Gasteiger partial charge in [0.25, 0.3) is 0 Å². The maximum absolute atomic E-state index is 12.9. The minimum Gasteiger partial charge on any atom is -0.457 e. The zero-order chi connectivity index (χ0) is 28.8. The molecule has 41 heavy (non-hydrogen) atoms. The predicted octanol–water partition coefficient (Wildman–Crippen LogP) is 4.34. The maximum Gasteiger partial charge on any atom is 0.248 e. The summed E-state index contributed by atoms with van der Waals surface area (Å²) in [5.41, 5.74) is 14.7. The molecule has 2 aromatic heterocycles. The van der Waals surface area contributed by atoms with E-state index in [0.29, 0.717) is 59.7 Å². The number of hydrogen-bond donors (Lipinski definition) is 2. The fraction of sp³-hybridized carbons (Fsp3) is 0.226. The predicted molar refractivity (Wildman–Crippen MR) is 160 cm³/mol. The molecule has 4 aromatic rings. The number of benzene rings is 2. The molecule has 0 radical (unpaired) electrons. The van der Waals surface area contributed by atoms with Crippen LogP contribution < -0.4 is 16.2 Å². The monoisotopic (exact) mass is 550 g/mol. The molecule has 4 N–H and O–H groups in total. The molecule has 0 spiro atoms. The van der Waals surface area contributed by atoms with E-state index in [1.807, 2.05) is 103 Å². The molecule has 0 aliphatic carbocycles. The lowest BCUT2D eigenvalue weighted by molar-refractivity contribution is -0.114. The molecule has 1 atom stereocenters. The molecule has 1 unspecified atom stereocenters. The average Bonchev–Trinajstić information content (AvgIpc) is 3.42. The lowest BCUT2D eigenvalue weighted by atomic mass is 10.1. The van der Waals surface area contributed by atoms with E-state index in [9.17, 15) is 4.79 Å². The minimum absolute atomic E-state index is 0.121. The standard InChI is InChI=1S/C31H34N8O2/c1-37(2)27(32)17-11-15-24(29(33)40)31(38-18-9-4-10-19-38)39-30-25(20-36-39)28(34-21-35-30)23-14-7-8-16-26(23)41-22-12-5-3-6-13-22/h3-10,12-14,16,18,20-21,27H,11,15,17,19,32H2,1-2H3,(H2,33,40). The van der Waals surface area contributed by atoms with E-state index in [1.165, 1.54) is 6.33 Å². The number of carbonyl (C=O) groups excluding carboxylic acids is 1. The molecule has 10 nitrogen and oxygen atoms in total. The molecule has 0 fully saturated rings. The third-order valence-electron chi connectivity index (χ3n) is 6.92. The van der Waals surface area contributed by atoms with E-state index in [0.717, 1.165) is 11.3 Å². The van der Waals surface area contributed by atoms with E-state index in [1.54, 1.807) is 10.9 Å². The van der Waals surface area contributed by atoms with Crippen molar-refractivity contribution >= 4 is 22.8 Å². The fourth-order valence-electron chi connectivity index (χ4n) is 4.72. The number of carbonyl (C=O) groups is 1. The summed E-state index contributed by atoms with van der Waals surface area (Å²) < 4.78 is 7.89. The topological polar surface area (TPSA) is 128 Å². The first kappa shape index (κ1) is 27.8. The Kier molecular flexibility index (Phi) is 8.52. The van der Waals surface area contributed by atoms with Crippen LogP contribution in [0, 0.1) is 0 Å². The molecule has 0 saturated heterocycles. The Labute approximate surface area is 239 Å². The molecule has 1 aliphatic heterocycles. The van der Waals surface area contributed by atoms with Gasteiger partial charge in [0.15, 0.2) is 5.65 Å². The van der Waals surface area contributed by atoms with Crippen LogP contribution >= 0.6 is 0 Å². The zero-order valence-electron chi connectivity index (χ0n) is 23.2. The third-order valence-corrected chi connectivity index (χ3v) is 6.92. The second-order valence-electron chi connectivity index (χ2n) is 9.94. The lowest BCUT2D eigenvalue weighted by Crippen LogP contribution is -2.36. The number of ether oxygens (including phenoxy) is 1. The Bertz CT molecular complexity index is 1610. The van der Waals surface area contributed by atoms with Crippen molar-refractivity contribution in [3.05, 3.63) is 97.1 Å². The molecule has 0 saturated carbocycles. The first-order chi connectivity index (χ1) is 19.9. The van der Waals surface area contributed by atoms with Crippen LogP contribution in [0.4, 0.5) is 0 Å². The van der Waals surface area contributed by atoms with Crippen LogP contribution in [0.3, 0.4) is 0 Å². The van der Waals surface area contributed by atoms with Crippen LogP contribution in [0.25, 0.3) is 28.1 Å². The highest BCUT2D eigenvalue weighted by Crippen LogP contribution is 2.36. The number of primary amides is 1. The van der Waals surface area contributed by atoms with E-state index in [-0.39, 0.29) is 6.17 Å². The van der Waals surface area contributed by atoms with Crippen molar-refractivity contribution in [1.29, 1.82) is 0 Å². The Morgan fingerprint density at radius 2 is 1.85 bits per heavy atom. The molecule has 1 aliphatic rings. The van der Waals surface area contributed by atoms with E-state index in [4.69, 9.17) is 21.3 Å². The van der Waals surface area contributed by atoms with Gasteiger partial charge in [-0.25, -0.2) is 9.97 Å². The number of aromatic nitrogens is 4. The SMILES string of the molecule is CN(C)C(N)CCCC(C(N)=O)=C(N1C=CC=CC1)n1ncc2c(-c3ccccc3Oc3ccccc3)ncnc21. The molecule has 3 heterocycles. The number of nitrogens with zero attached hydrogens (tertiary/aromatic N) is 6. The van der Waals surface area contributed by atoms with Crippen molar-refractivity contribution in [2.45, 2.75) is 25.4 Å². The molecular weight excluding hydrogens is 516 g/mol. The highest BCUT2D eigenvalue weighted by Gasteiger charge is 2.24. The van der Waals surface area contributed by atoms with Gasteiger partial charge in [0, 0.05) is 18.3 Å². The zero-order valence-corrected chi connectivity index (χ0v) is 23.2. The second kappa shape index (κ2) is 12.6. The number of fused-ring (bicyclic) bond motifs is 1. The molecule has 210 valence electrons. The summed E-state index contributed by atoms with van der Waals surface area (Å²) in [4.78, 5) is 26.0. The highest BCUT2D eigenvalue weighted by molar-refractivity contribution is 5.99. The molecule has 10 heteroatoms. The summed E-state index contributed by atoms with van der Waals surface area (Å²) in [7, 11) is 3.87. The van der Waals surface area contributed by atoms with Gasteiger partial charge in [0.1, 0.15) is 23.6 Å². The number of nitrogens with two attached hydrogens (primary N) is 2. The van der Waals surface area contributed by atoms with Crippen LogP contribution in [0.1, 0.15) is 19.3 Å². The van der Waals surface area contributed by atoms with E-state index in [2.05, 4.69) is 9.97 Å². The van der Waals surface area contributed by atoms with Crippen molar-refractivity contribution in [2.75, 3.05) is 20.6 Å². The molecular formula is C31H34N8O2. The van der Waals surface area contributed by atoms with Crippen LogP contribution in [0.2, 0.25) is 0 Å². The van der Waals surface area contributed by atoms with Gasteiger partial charge >= 0.3 is 0 Å². The van der Waals surface area contributed by atoms with Crippen LogP contribution in [-0.4, -0.2) is 62.3 Å². The van der Waals surface area contributed by atoms with Gasteiger partial charge in [-0.3, -0.25) is 9.69 Å². The molecule has 1 amide bonds. The van der Waals surface area contributed by atoms with Gasteiger partial charge in [-0.15, -0.1) is 0 Å². The summed E-state index contributed by atoms with van der Waals surface area (Å²) in [6, 6.07) is 17.3. The summed E-state index contributed by atoms with van der Waals surface area (Å²) in [5.74, 6) is 1.42. The summed E-state index contributed by atoms with van der Waals surface area (Å²) in [6.45, 7) is 0.548. The average molecular weight is 551 g/mol. The van der Waals surface area contributed by atoms with Crippen molar-refractivity contribution in [3.63, 3.8) is 0 Å². The second-order valence-corrected chi connectivity index (χ2v) is 9.94. The van der Waals surface area contributed by atoms with Gasteiger partial charge in [-0.05, 0) is 63.7 Å². The normalized spacial score (nSPS) is 14.4. The number of rotatable bonds is 11. The maximum atomic E-state index is 12.9. The van der Waals surface area contributed by atoms with Gasteiger partial charge < -0.3 is 21.1 Å². The largest absolute Gasteiger partial charge is 0.457 e. The first-order valence-corrected chi connectivity index (χ1v) is 13.5.